The summed E-state index contributed by atoms with van der Waals surface area (Å²) in [6, 6.07) is 5.63. The van der Waals surface area contributed by atoms with Crippen molar-refractivity contribution in [2.75, 3.05) is 19.8 Å². The Hall–Kier alpha value is -3.73. The smallest absolute Gasteiger partial charge is 0.380 e. The molecule has 1 amide bonds. The molecule has 0 saturated carbocycles. The molecule has 8 nitrogen and oxygen atoms in total. The summed E-state index contributed by atoms with van der Waals surface area (Å²) in [6.07, 6.45) is 4.07. The van der Waals surface area contributed by atoms with Crippen LogP contribution in [-0.2, 0) is 30.3 Å². The fourth-order valence-corrected chi connectivity index (χ4v) is 4.50. The highest BCUT2D eigenvalue weighted by molar-refractivity contribution is 5.95. The van der Waals surface area contributed by atoms with Crippen LogP contribution in [-0.4, -0.2) is 49.8 Å². The minimum absolute atomic E-state index is 0.0238. The normalized spacial score (nSPS) is 11.8. The standard InChI is InChI=1S/C28H33F3N6O2/c1-4-11-36-18-22(25(35-36)28(29,30)31)24-17-34-26-23(32-9-12-37(24)26)16-19-7-8-21(20(6-3)15-19)27(38)33-10-14-39-13-5-2/h7-9,12,15,17-18H,4-6,10-11,13-14,16H2,1-3H3,(H,33,38). The first-order chi connectivity index (χ1) is 18.8. The molecule has 3 aromatic heterocycles. The molecule has 0 aliphatic heterocycles. The molecular weight excluding hydrogens is 509 g/mol. The number of ether oxygens (including phenoxy) is 1. The van der Waals surface area contributed by atoms with Crippen LogP contribution < -0.4 is 5.32 Å². The van der Waals surface area contributed by atoms with Gasteiger partial charge < -0.3 is 10.1 Å². The lowest BCUT2D eigenvalue weighted by Gasteiger charge is -2.12. The van der Waals surface area contributed by atoms with E-state index in [1.54, 1.807) is 22.9 Å². The summed E-state index contributed by atoms with van der Waals surface area (Å²) in [4.78, 5) is 21.6. The van der Waals surface area contributed by atoms with E-state index >= 15 is 0 Å². The second-order valence-electron chi connectivity index (χ2n) is 9.25. The van der Waals surface area contributed by atoms with E-state index in [0.717, 1.165) is 17.5 Å². The fourth-order valence-electron chi connectivity index (χ4n) is 4.50. The number of carbonyl (C=O) groups is 1. The molecule has 0 saturated heterocycles. The number of benzene rings is 1. The van der Waals surface area contributed by atoms with Gasteiger partial charge in [-0.25, -0.2) is 4.98 Å². The van der Waals surface area contributed by atoms with Crippen molar-refractivity contribution in [3.05, 3.63) is 71.1 Å². The second kappa shape index (κ2) is 12.4. The number of fused-ring (bicyclic) bond motifs is 1. The van der Waals surface area contributed by atoms with Crippen molar-refractivity contribution >= 4 is 11.6 Å². The predicted molar refractivity (Wildman–Crippen MR) is 142 cm³/mol. The van der Waals surface area contributed by atoms with Crippen molar-refractivity contribution in [1.29, 1.82) is 0 Å². The average Bonchev–Trinajstić information content (AvgIpc) is 3.53. The highest BCUT2D eigenvalue weighted by Crippen LogP contribution is 2.36. The van der Waals surface area contributed by atoms with E-state index in [9.17, 15) is 18.0 Å². The van der Waals surface area contributed by atoms with Crippen molar-refractivity contribution in [1.82, 2.24) is 29.5 Å². The Bertz CT molecular complexity index is 1430. The van der Waals surface area contributed by atoms with E-state index in [0.29, 0.717) is 68.2 Å². The van der Waals surface area contributed by atoms with Gasteiger partial charge in [-0.2, -0.15) is 18.3 Å². The van der Waals surface area contributed by atoms with Gasteiger partial charge in [-0.3, -0.25) is 18.9 Å². The van der Waals surface area contributed by atoms with Gasteiger partial charge in [0.2, 0.25) is 0 Å². The van der Waals surface area contributed by atoms with Crippen molar-refractivity contribution < 1.29 is 22.7 Å². The molecule has 4 aromatic rings. The first kappa shape index (κ1) is 28.3. The van der Waals surface area contributed by atoms with Gasteiger partial charge in [-0.05, 0) is 36.5 Å². The molecule has 0 atom stereocenters. The average molecular weight is 543 g/mol. The topological polar surface area (TPSA) is 86.3 Å². The number of aromatic nitrogens is 5. The number of hydrogen-bond donors (Lipinski definition) is 1. The first-order valence-corrected chi connectivity index (χ1v) is 13.2. The van der Waals surface area contributed by atoms with Gasteiger partial charge in [-0.1, -0.05) is 32.9 Å². The third-order valence-electron chi connectivity index (χ3n) is 6.31. The van der Waals surface area contributed by atoms with Crippen molar-refractivity contribution in [3.63, 3.8) is 0 Å². The van der Waals surface area contributed by atoms with Crippen LogP contribution in [0.25, 0.3) is 16.9 Å². The van der Waals surface area contributed by atoms with Crippen LogP contribution in [0.3, 0.4) is 0 Å². The SMILES string of the molecule is CCCOCCNC(=O)c1ccc(Cc2nccn3c(-c4cn(CCC)nc4C(F)(F)F)cnc23)cc1CC. The summed E-state index contributed by atoms with van der Waals surface area (Å²) < 4.78 is 49.7. The summed E-state index contributed by atoms with van der Waals surface area (Å²) in [5.41, 5.74) is 2.85. The van der Waals surface area contributed by atoms with Crippen molar-refractivity contribution in [3.8, 4) is 11.3 Å². The van der Waals surface area contributed by atoms with E-state index in [4.69, 9.17) is 4.74 Å². The van der Waals surface area contributed by atoms with Crippen molar-refractivity contribution in [2.24, 2.45) is 0 Å². The molecule has 0 spiro atoms. The Morgan fingerprint density at radius 2 is 1.92 bits per heavy atom. The van der Waals surface area contributed by atoms with E-state index in [1.165, 1.54) is 17.1 Å². The molecule has 3 heterocycles. The highest BCUT2D eigenvalue weighted by Gasteiger charge is 2.38. The van der Waals surface area contributed by atoms with Crippen LogP contribution >= 0.6 is 0 Å². The number of nitrogens with zero attached hydrogens (tertiary/aromatic N) is 5. The van der Waals surface area contributed by atoms with E-state index in [1.807, 2.05) is 32.9 Å². The number of alkyl halides is 3. The zero-order chi connectivity index (χ0) is 28.0. The molecule has 0 aliphatic carbocycles. The molecule has 1 aromatic carbocycles. The van der Waals surface area contributed by atoms with Gasteiger partial charge in [0.1, 0.15) is 0 Å². The fraction of sp³-hybridized carbons (Fsp3) is 0.429. The minimum Gasteiger partial charge on any atom is -0.380 e. The molecule has 208 valence electrons. The number of amides is 1. The van der Waals surface area contributed by atoms with Crippen LogP contribution in [0.15, 0.2) is 43.0 Å². The predicted octanol–water partition coefficient (Wildman–Crippen LogP) is 5.33. The number of nitrogens with one attached hydrogen (secondary N) is 1. The zero-order valence-electron chi connectivity index (χ0n) is 22.4. The Labute approximate surface area is 225 Å². The summed E-state index contributed by atoms with van der Waals surface area (Å²) in [7, 11) is 0. The quantitative estimate of drug-likeness (QED) is 0.245. The number of rotatable bonds is 12. The number of aryl methyl sites for hydroxylation is 2. The molecule has 0 radical (unpaired) electrons. The number of imidazole rings is 1. The molecule has 0 aliphatic rings. The van der Waals surface area contributed by atoms with Crippen LogP contribution in [0.2, 0.25) is 0 Å². The molecule has 11 heteroatoms. The molecule has 4 rings (SSSR count). The van der Waals surface area contributed by atoms with Gasteiger partial charge in [-0.15, -0.1) is 0 Å². The first-order valence-electron chi connectivity index (χ1n) is 13.2. The van der Waals surface area contributed by atoms with Crippen molar-refractivity contribution in [2.45, 2.75) is 59.2 Å². The number of carbonyl (C=O) groups excluding carboxylic acids is 1. The van der Waals surface area contributed by atoms with Gasteiger partial charge in [0.25, 0.3) is 5.91 Å². The maximum Gasteiger partial charge on any atom is 0.435 e. The van der Waals surface area contributed by atoms with Crippen LogP contribution in [0.1, 0.15) is 66.5 Å². The maximum atomic E-state index is 13.8. The summed E-state index contributed by atoms with van der Waals surface area (Å²) in [5, 5.41) is 6.68. The largest absolute Gasteiger partial charge is 0.435 e. The second-order valence-corrected chi connectivity index (χ2v) is 9.25. The monoisotopic (exact) mass is 542 g/mol. The van der Waals surface area contributed by atoms with Crippen LogP contribution in [0.5, 0.6) is 0 Å². The molecular formula is C28H33F3N6O2. The van der Waals surface area contributed by atoms with Gasteiger partial charge in [0.05, 0.1) is 29.8 Å². The van der Waals surface area contributed by atoms with Gasteiger partial charge >= 0.3 is 6.18 Å². The Balaban J connectivity index is 1.59. The van der Waals surface area contributed by atoms with Crippen LogP contribution in [0, 0.1) is 0 Å². The molecule has 0 unspecified atom stereocenters. The lowest BCUT2D eigenvalue weighted by atomic mass is 9.99. The van der Waals surface area contributed by atoms with Crippen LogP contribution in [0.4, 0.5) is 13.2 Å². The summed E-state index contributed by atoms with van der Waals surface area (Å²) in [6.45, 7) is 7.84. The number of halogens is 3. The van der Waals surface area contributed by atoms with E-state index < -0.39 is 11.9 Å². The molecule has 39 heavy (non-hydrogen) atoms. The summed E-state index contributed by atoms with van der Waals surface area (Å²) in [5.74, 6) is -0.152. The van der Waals surface area contributed by atoms with Gasteiger partial charge in [0, 0.05) is 50.3 Å². The molecule has 1 N–H and O–H groups in total. The lowest BCUT2D eigenvalue weighted by molar-refractivity contribution is -0.141. The minimum atomic E-state index is -4.60. The zero-order valence-corrected chi connectivity index (χ0v) is 22.4. The molecule has 0 bridgehead atoms. The Morgan fingerprint density at radius 1 is 1.10 bits per heavy atom. The van der Waals surface area contributed by atoms with Gasteiger partial charge in [0.15, 0.2) is 11.3 Å². The Kier molecular flexibility index (Phi) is 9.01. The Morgan fingerprint density at radius 3 is 2.64 bits per heavy atom. The van der Waals surface area contributed by atoms with E-state index in [2.05, 4.69) is 20.4 Å². The highest BCUT2D eigenvalue weighted by atomic mass is 19.4. The third-order valence-corrected chi connectivity index (χ3v) is 6.31. The lowest BCUT2D eigenvalue weighted by Crippen LogP contribution is -2.28. The maximum absolute atomic E-state index is 13.8. The third kappa shape index (κ3) is 6.47. The molecule has 0 fully saturated rings. The van der Waals surface area contributed by atoms with E-state index in [-0.39, 0.29) is 11.5 Å². The summed E-state index contributed by atoms with van der Waals surface area (Å²) >= 11 is 0. The number of hydrogen-bond acceptors (Lipinski definition) is 5.